The summed E-state index contributed by atoms with van der Waals surface area (Å²) in [7, 11) is 1.53. The van der Waals surface area contributed by atoms with Gasteiger partial charge in [0.25, 0.3) is 11.8 Å². The molecule has 1 aromatic rings. The quantitative estimate of drug-likeness (QED) is 0.269. The third-order valence-corrected chi connectivity index (χ3v) is 4.38. The van der Waals surface area contributed by atoms with E-state index in [2.05, 4.69) is 20.3 Å². The molecule has 3 rings (SSSR count). The van der Waals surface area contributed by atoms with E-state index < -0.39 is 29.6 Å². The van der Waals surface area contributed by atoms with Crippen molar-refractivity contribution in [2.75, 3.05) is 7.05 Å². The third kappa shape index (κ3) is 2.73. The summed E-state index contributed by atoms with van der Waals surface area (Å²) in [5, 5.41) is 18.4. The molecule has 1 atom stereocenters. The molecule has 0 aromatic heterocycles. The van der Waals surface area contributed by atoms with E-state index in [1.165, 1.54) is 19.0 Å². The first-order chi connectivity index (χ1) is 11.7. The summed E-state index contributed by atoms with van der Waals surface area (Å²) in [6.45, 7) is 4.74. The molecule has 0 spiro atoms. The zero-order valence-electron chi connectivity index (χ0n) is 14.2. The normalized spacial score (nSPS) is 20.0. The van der Waals surface area contributed by atoms with Crippen molar-refractivity contribution in [1.29, 1.82) is 0 Å². The van der Waals surface area contributed by atoms with Crippen molar-refractivity contribution in [3.63, 3.8) is 0 Å². The van der Waals surface area contributed by atoms with Gasteiger partial charge in [-0.2, -0.15) is 9.78 Å². The van der Waals surface area contributed by atoms with Gasteiger partial charge in [0, 0.05) is 12.3 Å². The number of benzene rings is 1. The van der Waals surface area contributed by atoms with Crippen LogP contribution < -0.4 is 0 Å². The first-order valence-electron chi connectivity index (χ1n) is 7.56. The number of carbonyl (C=O) groups is 2. The summed E-state index contributed by atoms with van der Waals surface area (Å²) in [5.74, 6) is -2.69. The van der Waals surface area contributed by atoms with Gasteiger partial charge in [-0.15, -0.1) is 0 Å². The summed E-state index contributed by atoms with van der Waals surface area (Å²) in [6.07, 6.45) is -0.954. The van der Waals surface area contributed by atoms with Crippen molar-refractivity contribution in [2.24, 2.45) is 10.5 Å². The van der Waals surface area contributed by atoms with Crippen LogP contribution in [0.4, 0.5) is 0 Å². The number of imide groups is 1. The molecule has 0 aliphatic carbocycles. The van der Waals surface area contributed by atoms with Crippen LogP contribution in [0.1, 0.15) is 41.5 Å². The molecule has 1 N–H and O–H groups in total. The van der Waals surface area contributed by atoms with Crippen LogP contribution in [0.2, 0.25) is 0 Å². The van der Waals surface area contributed by atoms with E-state index in [-0.39, 0.29) is 0 Å². The van der Waals surface area contributed by atoms with Gasteiger partial charge >= 0.3 is 5.97 Å². The molecule has 2 aliphatic heterocycles. The van der Waals surface area contributed by atoms with E-state index in [9.17, 15) is 14.7 Å². The zero-order valence-corrected chi connectivity index (χ0v) is 14.2. The number of likely N-dealkylation sites (N-methyl/N-ethyl adjacent to an activating group) is 1. The molecule has 0 saturated carbocycles. The van der Waals surface area contributed by atoms with E-state index >= 15 is 0 Å². The van der Waals surface area contributed by atoms with E-state index in [1.807, 2.05) is 0 Å². The smallest absolute Gasteiger partial charge is 0.352 e. The second-order valence-electron chi connectivity index (χ2n) is 6.23. The lowest BCUT2D eigenvalue weighted by Crippen LogP contribution is -2.50. The average molecular weight is 350 g/mol. The highest BCUT2D eigenvalue weighted by molar-refractivity contribution is 6.21. The summed E-state index contributed by atoms with van der Waals surface area (Å²) in [6, 6.07) is 6.53. The minimum atomic E-state index is -1.78. The van der Waals surface area contributed by atoms with Crippen LogP contribution >= 0.6 is 0 Å². The van der Waals surface area contributed by atoms with Crippen molar-refractivity contribution < 1.29 is 29.3 Å². The summed E-state index contributed by atoms with van der Waals surface area (Å²) in [5.41, 5.74) is -0.398. The Morgan fingerprint density at radius 1 is 1.24 bits per heavy atom. The van der Waals surface area contributed by atoms with Crippen LogP contribution in [-0.4, -0.2) is 51.6 Å². The second kappa shape index (κ2) is 5.76. The molecule has 1 aromatic carbocycles. The maximum Gasteiger partial charge on any atom is 0.361 e. The molecule has 134 valence electrons. The van der Waals surface area contributed by atoms with Crippen molar-refractivity contribution >= 4 is 11.8 Å². The van der Waals surface area contributed by atoms with Gasteiger partial charge in [0.05, 0.1) is 11.1 Å². The van der Waals surface area contributed by atoms with Crippen LogP contribution in [0.5, 0.6) is 0 Å². The lowest BCUT2D eigenvalue weighted by atomic mass is 10.0. The predicted octanol–water partition coefficient (Wildman–Crippen LogP) is 1.25. The summed E-state index contributed by atoms with van der Waals surface area (Å²) >= 11 is 0. The lowest BCUT2D eigenvalue weighted by molar-refractivity contribution is -0.109. The molecule has 1 unspecified atom stereocenters. The molecule has 1 saturated heterocycles. The topological polar surface area (TPSA) is 120 Å². The molecule has 2 amide bonds. The van der Waals surface area contributed by atoms with Crippen molar-refractivity contribution in [2.45, 2.75) is 38.5 Å². The number of hydrogen-bond donors (Lipinski definition) is 1. The number of fused-ring (bicyclic) bond motifs is 1. The Hall–Kier alpha value is -2.56. The molecule has 1 fully saturated rings. The second-order valence-corrected chi connectivity index (χ2v) is 6.23. The number of hydrogen-bond acceptors (Lipinski definition) is 8. The number of aliphatic hydroxyl groups is 1. The van der Waals surface area contributed by atoms with Crippen LogP contribution in [0.15, 0.2) is 34.8 Å². The first-order valence-corrected chi connectivity index (χ1v) is 7.56. The lowest BCUT2D eigenvalue weighted by Gasteiger charge is -2.31. The Bertz CT molecular complexity index is 710. The Morgan fingerprint density at radius 3 is 2.24 bits per heavy atom. The van der Waals surface area contributed by atoms with Gasteiger partial charge in [0.2, 0.25) is 6.23 Å². The van der Waals surface area contributed by atoms with Gasteiger partial charge in [-0.25, -0.2) is 4.90 Å². The molecule has 10 heteroatoms. The minimum Gasteiger partial charge on any atom is -0.352 e. The zero-order chi connectivity index (χ0) is 18.4. The Morgan fingerprint density at radius 2 is 1.76 bits per heavy atom. The fraction of sp³-hybridized carbons (Fsp3) is 0.467. The van der Waals surface area contributed by atoms with Crippen molar-refractivity contribution in [1.82, 2.24) is 9.91 Å². The van der Waals surface area contributed by atoms with E-state index in [0.717, 1.165) is 4.90 Å². The molecule has 25 heavy (non-hydrogen) atoms. The number of rotatable bonds is 6. The van der Waals surface area contributed by atoms with Crippen molar-refractivity contribution in [3.8, 4) is 0 Å². The van der Waals surface area contributed by atoms with Gasteiger partial charge < -0.3 is 9.94 Å². The Balaban J connectivity index is 1.65. The monoisotopic (exact) mass is 350 g/mol. The van der Waals surface area contributed by atoms with Gasteiger partial charge in [0.15, 0.2) is 0 Å². The maximum atomic E-state index is 12.3. The van der Waals surface area contributed by atoms with Gasteiger partial charge in [-0.3, -0.25) is 14.6 Å². The first kappa shape index (κ1) is 17.3. The predicted molar refractivity (Wildman–Crippen MR) is 81.3 cm³/mol. The molecular weight excluding hydrogens is 332 g/mol. The van der Waals surface area contributed by atoms with E-state index in [0.29, 0.717) is 11.1 Å². The van der Waals surface area contributed by atoms with Gasteiger partial charge in [-0.05, 0) is 38.1 Å². The summed E-state index contributed by atoms with van der Waals surface area (Å²) in [4.78, 5) is 39.8. The van der Waals surface area contributed by atoms with E-state index in [1.54, 1.807) is 38.1 Å². The standard InChI is InChI=1S/C15H18N4O6/c1-9(19-12(20)10-7-5-6-8-11(10)13(19)21)23-17-16-18(4)14(2,3)15(22)24-25-15/h5-9,22H,1-4H3/b17-16-. The minimum absolute atomic E-state index is 0.323. The highest BCUT2D eigenvalue weighted by atomic mass is 17.4. The third-order valence-electron chi connectivity index (χ3n) is 4.38. The Kier molecular flexibility index (Phi) is 3.98. The summed E-state index contributed by atoms with van der Waals surface area (Å²) < 4.78 is 0. The molecule has 2 aliphatic rings. The average Bonchev–Trinajstić information content (AvgIpc) is 3.28. The maximum absolute atomic E-state index is 12.3. The highest BCUT2D eigenvalue weighted by Gasteiger charge is 2.63. The van der Waals surface area contributed by atoms with Crippen LogP contribution in [0.25, 0.3) is 0 Å². The Labute approximate surface area is 143 Å². The number of amides is 2. The number of carbonyl (C=O) groups excluding carboxylic acids is 2. The van der Waals surface area contributed by atoms with Gasteiger partial charge in [-0.1, -0.05) is 12.1 Å². The molecule has 10 nitrogen and oxygen atoms in total. The van der Waals surface area contributed by atoms with Crippen LogP contribution in [0, 0.1) is 0 Å². The van der Waals surface area contributed by atoms with Crippen LogP contribution in [-0.2, 0) is 14.6 Å². The number of nitrogens with zero attached hydrogens (tertiary/aromatic N) is 4. The van der Waals surface area contributed by atoms with E-state index in [4.69, 9.17) is 4.84 Å². The SMILES string of the molecule is CC(O/N=N\N(C)C(C)(C)C1(O)OO1)N1C(=O)c2ccccc2C1=O. The van der Waals surface area contributed by atoms with Crippen LogP contribution in [0.3, 0.4) is 0 Å². The largest absolute Gasteiger partial charge is 0.361 e. The molecule has 2 heterocycles. The molecular formula is C15H18N4O6. The molecule has 0 bridgehead atoms. The molecule has 0 radical (unpaired) electrons. The fourth-order valence-corrected chi connectivity index (χ4v) is 2.29. The van der Waals surface area contributed by atoms with Gasteiger partial charge in [0.1, 0.15) is 5.54 Å². The highest BCUT2D eigenvalue weighted by Crippen LogP contribution is 2.40. The van der Waals surface area contributed by atoms with Crippen molar-refractivity contribution in [3.05, 3.63) is 35.4 Å². The fourth-order valence-electron chi connectivity index (χ4n) is 2.29.